The molecule has 1 aliphatic rings. The molecule has 0 radical (unpaired) electrons. The van der Waals surface area contributed by atoms with Gasteiger partial charge in [-0.1, -0.05) is 41.6 Å². The number of benzene rings is 1. The molecule has 1 N–H and O–H groups in total. The maximum absolute atomic E-state index is 12.4. The first-order valence-electron chi connectivity index (χ1n) is 7.82. The van der Waals surface area contributed by atoms with Gasteiger partial charge in [-0.2, -0.15) is 0 Å². The summed E-state index contributed by atoms with van der Waals surface area (Å²) in [6, 6.07) is 7.93. The van der Waals surface area contributed by atoms with Gasteiger partial charge in [0.25, 0.3) is 0 Å². The van der Waals surface area contributed by atoms with E-state index in [1.807, 2.05) is 17.8 Å². The van der Waals surface area contributed by atoms with E-state index >= 15 is 0 Å². The van der Waals surface area contributed by atoms with Crippen molar-refractivity contribution < 1.29 is 9.59 Å². The highest BCUT2D eigenvalue weighted by Crippen LogP contribution is 2.28. The molecule has 24 heavy (non-hydrogen) atoms. The minimum Gasteiger partial charge on any atom is -0.336 e. The van der Waals surface area contributed by atoms with Crippen LogP contribution in [0.15, 0.2) is 35.6 Å². The van der Waals surface area contributed by atoms with Crippen molar-refractivity contribution in [2.45, 2.75) is 24.3 Å². The van der Waals surface area contributed by atoms with Gasteiger partial charge >= 0.3 is 6.03 Å². The second-order valence-electron chi connectivity index (χ2n) is 5.83. The number of imide groups is 1. The lowest BCUT2D eigenvalue weighted by atomic mass is 10.1. The number of carbonyl (C=O) groups excluding carboxylic acids is 2. The van der Waals surface area contributed by atoms with E-state index in [2.05, 4.69) is 41.5 Å². The molecule has 3 amide bonds. The zero-order chi connectivity index (χ0) is 17.3. The Morgan fingerprint density at radius 1 is 1.33 bits per heavy atom. The third-order valence-electron chi connectivity index (χ3n) is 4.05. The van der Waals surface area contributed by atoms with Crippen molar-refractivity contribution in [1.29, 1.82) is 0 Å². The highest BCUT2D eigenvalue weighted by molar-refractivity contribution is 8.00. The highest BCUT2D eigenvalue weighted by atomic mass is 32.2. The molecule has 1 aromatic carbocycles. The minimum atomic E-state index is -0.374. The molecule has 1 aromatic heterocycles. The average molecular weight is 344 g/mol. The molecule has 0 saturated carbocycles. The number of carbonyl (C=O) groups is 2. The van der Waals surface area contributed by atoms with E-state index in [0.717, 1.165) is 16.4 Å². The van der Waals surface area contributed by atoms with Gasteiger partial charge in [-0.25, -0.2) is 9.78 Å². The van der Waals surface area contributed by atoms with Crippen LogP contribution in [0.3, 0.4) is 0 Å². The summed E-state index contributed by atoms with van der Waals surface area (Å²) in [5, 5.41) is 3.03. The number of aromatic nitrogens is 2. The Morgan fingerprint density at radius 2 is 2.04 bits per heavy atom. The van der Waals surface area contributed by atoms with Gasteiger partial charge in [0.05, 0.1) is 17.1 Å². The molecule has 2 aromatic rings. The number of nitrogens with one attached hydrogen (secondary N) is 1. The van der Waals surface area contributed by atoms with Gasteiger partial charge in [-0.05, 0) is 19.4 Å². The minimum absolute atomic E-state index is 0.185. The lowest BCUT2D eigenvalue weighted by molar-refractivity contribution is -0.126. The van der Waals surface area contributed by atoms with Crippen LogP contribution < -0.4 is 5.32 Å². The smallest absolute Gasteiger partial charge is 0.324 e. The van der Waals surface area contributed by atoms with Crippen LogP contribution >= 0.6 is 11.8 Å². The fourth-order valence-electron chi connectivity index (χ4n) is 2.60. The van der Waals surface area contributed by atoms with Crippen molar-refractivity contribution >= 4 is 23.7 Å². The summed E-state index contributed by atoms with van der Waals surface area (Å²) in [4.78, 5) is 29.7. The Labute approximate surface area is 145 Å². The van der Waals surface area contributed by atoms with Crippen molar-refractivity contribution in [3.05, 3.63) is 36.0 Å². The summed E-state index contributed by atoms with van der Waals surface area (Å²) >= 11 is 1.37. The van der Waals surface area contributed by atoms with Crippen LogP contribution in [0.1, 0.15) is 12.5 Å². The number of amides is 3. The monoisotopic (exact) mass is 344 g/mol. The zero-order valence-corrected chi connectivity index (χ0v) is 14.8. The molecule has 1 fully saturated rings. The Bertz CT molecular complexity index is 769. The van der Waals surface area contributed by atoms with Gasteiger partial charge in [-0.15, -0.1) is 0 Å². The lowest BCUT2D eigenvalue weighted by Crippen LogP contribution is -2.39. The second-order valence-corrected chi connectivity index (χ2v) is 7.14. The largest absolute Gasteiger partial charge is 0.336 e. The molecule has 1 saturated heterocycles. The van der Waals surface area contributed by atoms with Crippen LogP contribution in [-0.4, -0.2) is 44.7 Å². The third-order valence-corrected chi connectivity index (χ3v) is 5.19. The number of nitrogens with zero attached hydrogens (tertiary/aromatic N) is 3. The van der Waals surface area contributed by atoms with Gasteiger partial charge < -0.3 is 9.88 Å². The molecule has 0 aliphatic carbocycles. The van der Waals surface area contributed by atoms with Crippen molar-refractivity contribution in [3.8, 4) is 11.3 Å². The van der Waals surface area contributed by atoms with Crippen LogP contribution in [0.2, 0.25) is 0 Å². The van der Waals surface area contributed by atoms with E-state index in [1.165, 1.54) is 22.2 Å². The molecule has 7 heteroatoms. The van der Waals surface area contributed by atoms with Crippen LogP contribution in [0.5, 0.6) is 0 Å². The summed E-state index contributed by atoms with van der Waals surface area (Å²) in [6.45, 7) is 4.80. The Morgan fingerprint density at radius 3 is 2.67 bits per heavy atom. The fraction of sp³-hybridized carbons (Fsp3) is 0.353. The van der Waals surface area contributed by atoms with Gasteiger partial charge in [0.2, 0.25) is 5.91 Å². The normalized spacial score (nSPS) is 15.5. The maximum Gasteiger partial charge on any atom is 0.324 e. The summed E-state index contributed by atoms with van der Waals surface area (Å²) in [5.41, 5.74) is 3.29. The van der Waals surface area contributed by atoms with E-state index in [-0.39, 0.29) is 17.2 Å². The molecular formula is C17H20N4O2S. The van der Waals surface area contributed by atoms with E-state index < -0.39 is 0 Å². The molecule has 6 nitrogen and oxygen atoms in total. The first-order valence-corrected chi connectivity index (χ1v) is 8.70. The SMILES string of the molecule is Cc1ccc(-c2cnc(SC(C)C(=O)N3CCNC3=O)n2C)cc1. The number of rotatable bonds is 4. The molecule has 1 unspecified atom stereocenters. The highest BCUT2D eigenvalue weighted by Gasteiger charge is 2.30. The van der Waals surface area contributed by atoms with E-state index in [1.54, 1.807) is 6.92 Å². The zero-order valence-electron chi connectivity index (χ0n) is 13.9. The van der Waals surface area contributed by atoms with Gasteiger partial charge in [0.1, 0.15) is 0 Å². The molecule has 3 rings (SSSR count). The second kappa shape index (κ2) is 6.68. The van der Waals surface area contributed by atoms with Crippen LogP contribution in [0.25, 0.3) is 11.3 Å². The number of hydrogen-bond acceptors (Lipinski definition) is 4. The summed E-state index contributed by atoms with van der Waals surface area (Å²) < 4.78 is 1.98. The quantitative estimate of drug-likeness (QED) is 0.865. The van der Waals surface area contributed by atoms with Crippen molar-refractivity contribution in [1.82, 2.24) is 19.8 Å². The average Bonchev–Trinajstić information content (AvgIpc) is 3.14. The van der Waals surface area contributed by atoms with E-state index in [9.17, 15) is 9.59 Å². The fourth-order valence-corrected chi connectivity index (χ4v) is 3.52. The van der Waals surface area contributed by atoms with Crippen LogP contribution in [0.4, 0.5) is 4.79 Å². The number of aryl methyl sites for hydroxylation is 1. The number of urea groups is 1. The van der Waals surface area contributed by atoms with E-state index in [4.69, 9.17) is 0 Å². The molecule has 1 aliphatic heterocycles. The molecular weight excluding hydrogens is 324 g/mol. The van der Waals surface area contributed by atoms with Crippen molar-refractivity contribution in [3.63, 3.8) is 0 Å². The van der Waals surface area contributed by atoms with Crippen molar-refractivity contribution in [2.24, 2.45) is 7.05 Å². The van der Waals surface area contributed by atoms with Crippen LogP contribution in [0, 0.1) is 6.92 Å². The first kappa shape index (κ1) is 16.6. The summed E-state index contributed by atoms with van der Waals surface area (Å²) in [5.74, 6) is -0.185. The molecule has 1 atom stereocenters. The maximum atomic E-state index is 12.4. The van der Waals surface area contributed by atoms with E-state index in [0.29, 0.717) is 13.1 Å². The number of hydrogen-bond donors (Lipinski definition) is 1. The lowest BCUT2D eigenvalue weighted by Gasteiger charge is -2.17. The predicted octanol–water partition coefficient (Wildman–Crippen LogP) is 2.43. The third kappa shape index (κ3) is 3.17. The van der Waals surface area contributed by atoms with Gasteiger partial charge in [-0.3, -0.25) is 9.69 Å². The van der Waals surface area contributed by atoms with Gasteiger partial charge in [0.15, 0.2) is 5.16 Å². The molecule has 126 valence electrons. The van der Waals surface area contributed by atoms with Crippen LogP contribution in [-0.2, 0) is 11.8 Å². The molecule has 0 bridgehead atoms. The predicted molar refractivity (Wildman–Crippen MR) is 93.8 cm³/mol. The number of imidazole rings is 1. The van der Waals surface area contributed by atoms with Gasteiger partial charge in [0, 0.05) is 20.1 Å². The molecule has 0 spiro atoms. The Hall–Kier alpha value is -2.28. The summed E-state index contributed by atoms with van der Waals surface area (Å²) in [7, 11) is 1.93. The number of thioether (sulfide) groups is 1. The Balaban J connectivity index is 1.75. The van der Waals surface area contributed by atoms with Crippen molar-refractivity contribution in [2.75, 3.05) is 13.1 Å². The standard InChI is InChI=1S/C17H20N4O2S/c1-11-4-6-13(7-5-11)14-10-19-17(20(14)3)24-12(2)15(22)21-9-8-18-16(21)23/h4-7,10,12H,8-9H2,1-3H3,(H,18,23). The topological polar surface area (TPSA) is 67.2 Å². The Kier molecular flexibility index (Phi) is 4.62. The first-order chi connectivity index (χ1) is 11.5. The molecule has 2 heterocycles. The summed E-state index contributed by atoms with van der Waals surface area (Å²) in [6.07, 6.45) is 1.81.